The lowest BCUT2D eigenvalue weighted by molar-refractivity contribution is -0.132. The standard InChI is InChI=1S/C11H21N3O/c1-8-11(15)14(9(2)12-8)10-5-4-6-13(3)7-10/h8-10,12H,4-7H2,1-3H3. The lowest BCUT2D eigenvalue weighted by Crippen LogP contribution is -2.50. The summed E-state index contributed by atoms with van der Waals surface area (Å²) < 4.78 is 0. The minimum absolute atomic E-state index is 0.00719. The first-order valence-electron chi connectivity index (χ1n) is 5.86. The summed E-state index contributed by atoms with van der Waals surface area (Å²) in [4.78, 5) is 16.3. The number of likely N-dealkylation sites (N-methyl/N-ethyl adjacent to an activating group) is 1. The number of amides is 1. The Hall–Kier alpha value is -0.610. The van der Waals surface area contributed by atoms with Crippen molar-refractivity contribution in [2.45, 2.75) is 44.9 Å². The van der Waals surface area contributed by atoms with Crippen LogP contribution in [0.3, 0.4) is 0 Å². The molecule has 4 heteroatoms. The summed E-state index contributed by atoms with van der Waals surface area (Å²) >= 11 is 0. The van der Waals surface area contributed by atoms with Crippen LogP contribution in [0.4, 0.5) is 0 Å². The minimum atomic E-state index is -0.00719. The lowest BCUT2D eigenvalue weighted by atomic mass is 10.0. The molecule has 0 saturated carbocycles. The van der Waals surface area contributed by atoms with E-state index in [4.69, 9.17) is 0 Å². The molecule has 2 rings (SSSR count). The maximum absolute atomic E-state index is 12.0. The highest BCUT2D eigenvalue weighted by atomic mass is 16.2. The number of hydrogen-bond acceptors (Lipinski definition) is 3. The Bertz CT molecular complexity index is 256. The van der Waals surface area contributed by atoms with E-state index in [-0.39, 0.29) is 18.1 Å². The van der Waals surface area contributed by atoms with Gasteiger partial charge in [-0.2, -0.15) is 0 Å². The molecule has 4 nitrogen and oxygen atoms in total. The van der Waals surface area contributed by atoms with E-state index in [2.05, 4.69) is 24.2 Å². The first-order chi connectivity index (χ1) is 7.09. The SMILES string of the molecule is CC1NC(C)N(C2CCCN(C)C2)C1=O. The van der Waals surface area contributed by atoms with Gasteiger partial charge in [-0.3, -0.25) is 10.1 Å². The Morgan fingerprint density at radius 1 is 1.40 bits per heavy atom. The maximum atomic E-state index is 12.0. The van der Waals surface area contributed by atoms with Gasteiger partial charge in [-0.15, -0.1) is 0 Å². The molecule has 0 radical (unpaired) electrons. The van der Waals surface area contributed by atoms with Crippen LogP contribution in [-0.2, 0) is 4.79 Å². The van der Waals surface area contributed by atoms with E-state index in [1.807, 2.05) is 11.8 Å². The van der Waals surface area contributed by atoms with Crippen LogP contribution in [0.25, 0.3) is 0 Å². The fourth-order valence-electron chi connectivity index (χ4n) is 2.79. The molecule has 3 unspecified atom stereocenters. The summed E-state index contributed by atoms with van der Waals surface area (Å²) in [5.41, 5.74) is 0. The molecule has 0 spiro atoms. The number of nitrogens with one attached hydrogen (secondary N) is 1. The zero-order valence-electron chi connectivity index (χ0n) is 9.86. The van der Waals surface area contributed by atoms with E-state index in [1.54, 1.807) is 0 Å². The third kappa shape index (κ3) is 2.01. The van der Waals surface area contributed by atoms with Gasteiger partial charge in [0.25, 0.3) is 0 Å². The van der Waals surface area contributed by atoms with Crippen molar-refractivity contribution >= 4 is 5.91 Å². The molecular formula is C11H21N3O. The van der Waals surface area contributed by atoms with Gasteiger partial charge >= 0.3 is 0 Å². The highest BCUT2D eigenvalue weighted by molar-refractivity contribution is 5.84. The van der Waals surface area contributed by atoms with Crippen molar-refractivity contribution in [3.05, 3.63) is 0 Å². The number of hydrogen-bond donors (Lipinski definition) is 1. The van der Waals surface area contributed by atoms with Gasteiger partial charge in [-0.25, -0.2) is 0 Å². The average molecular weight is 211 g/mol. The predicted octanol–water partition coefficient (Wildman–Crippen LogP) is 0.247. The summed E-state index contributed by atoms with van der Waals surface area (Å²) in [5, 5.41) is 3.29. The van der Waals surface area contributed by atoms with Gasteiger partial charge in [0, 0.05) is 12.6 Å². The van der Waals surface area contributed by atoms with Crippen LogP contribution in [0.1, 0.15) is 26.7 Å². The molecule has 2 aliphatic rings. The smallest absolute Gasteiger partial charge is 0.241 e. The van der Waals surface area contributed by atoms with E-state index in [0.717, 1.165) is 19.5 Å². The number of piperidine rings is 1. The molecule has 2 heterocycles. The molecule has 0 bridgehead atoms. The Morgan fingerprint density at radius 3 is 2.67 bits per heavy atom. The predicted molar refractivity (Wildman–Crippen MR) is 59.4 cm³/mol. The van der Waals surface area contributed by atoms with Gasteiger partial charge < -0.3 is 9.80 Å². The van der Waals surface area contributed by atoms with Crippen molar-refractivity contribution in [2.24, 2.45) is 0 Å². The zero-order valence-corrected chi connectivity index (χ0v) is 9.86. The van der Waals surface area contributed by atoms with Crippen LogP contribution < -0.4 is 5.32 Å². The van der Waals surface area contributed by atoms with Crippen LogP contribution in [0.15, 0.2) is 0 Å². The molecule has 0 aromatic heterocycles. The van der Waals surface area contributed by atoms with Crippen LogP contribution in [-0.4, -0.2) is 54.1 Å². The Kier molecular flexibility index (Phi) is 2.98. The number of rotatable bonds is 1. The molecule has 1 amide bonds. The third-order valence-electron chi connectivity index (χ3n) is 3.53. The minimum Gasteiger partial charge on any atom is -0.322 e. The van der Waals surface area contributed by atoms with Crippen molar-refractivity contribution < 1.29 is 4.79 Å². The molecule has 2 saturated heterocycles. The summed E-state index contributed by atoms with van der Waals surface area (Å²) in [6, 6.07) is 0.399. The van der Waals surface area contributed by atoms with Crippen LogP contribution in [0, 0.1) is 0 Å². The third-order valence-corrected chi connectivity index (χ3v) is 3.53. The molecule has 0 aliphatic carbocycles. The van der Waals surface area contributed by atoms with E-state index in [1.165, 1.54) is 6.42 Å². The quantitative estimate of drug-likeness (QED) is 0.675. The molecule has 1 N–H and O–H groups in total. The van der Waals surface area contributed by atoms with Crippen molar-refractivity contribution in [3.63, 3.8) is 0 Å². The highest BCUT2D eigenvalue weighted by Gasteiger charge is 2.38. The molecule has 15 heavy (non-hydrogen) atoms. The largest absolute Gasteiger partial charge is 0.322 e. The van der Waals surface area contributed by atoms with Crippen molar-refractivity contribution in [1.82, 2.24) is 15.1 Å². The van der Waals surface area contributed by atoms with Gasteiger partial charge in [0.2, 0.25) is 5.91 Å². The summed E-state index contributed by atoms with van der Waals surface area (Å²) in [5.74, 6) is 0.266. The summed E-state index contributed by atoms with van der Waals surface area (Å²) in [6.45, 7) is 6.21. The first kappa shape index (κ1) is 10.9. The highest BCUT2D eigenvalue weighted by Crippen LogP contribution is 2.21. The van der Waals surface area contributed by atoms with E-state index in [0.29, 0.717) is 6.04 Å². The van der Waals surface area contributed by atoms with Gasteiger partial charge in [0.1, 0.15) is 0 Å². The molecular weight excluding hydrogens is 190 g/mol. The molecule has 2 fully saturated rings. The fraction of sp³-hybridized carbons (Fsp3) is 0.909. The van der Waals surface area contributed by atoms with Crippen molar-refractivity contribution in [1.29, 1.82) is 0 Å². The second kappa shape index (κ2) is 4.10. The normalized spacial score (nSPS) is 38.7. The molecule has 3 atom stereocenters. The second-order valence-electron chi connectivity index (χ2n) is 4.87. The van der Waals surface area contributed by atoms with Crippen LogP contribution in [0.5, 0.6) is 0 Å². The van der Waals surface area contributed by atoms with Gasteiger partial charge in [-0.1, -0.05) is 0 Å². The number of nitrogens with zero attached hydrogens (tertiary/aromatic N) is 2. The Balaban J connectivity index is 2.05. The van der Waals surface area contributed by atoms with Gasteiger partial charge in [-0.05, 0) is 40.3 Å². The van der Waals surface area contributed by atoms with Gasteiger partial charge in [0.15, 0.2) is 0 Å². The molecule has 86 valence electrons. The number of carbonyl (C=O) groups is 1. The van der Waals surface area contributed by atoms with Gasteiger partial charge in [0.05, 0.1) is 12.2 Å². The first-order valence-corrected chi connectivity index (χ1v) is 5.86. The number of likely N-dealkylation sites (tertiary alicyclic amines) is 1. The molecule has 0 aromatic rings. The molecule has 0 aromatic carbocycles. The van der Waals surface area contributed by atoms with E-state index in [9.17, 15) is 4.79 Å². The topological polar surface area (TPSA) is 35.6 Å². The van der Waals surface area contributed by atoms with Crippen LogP contribution in [0.2, 0.25) is 0 Å². The van der Waals surface area contributed by atoms with E-state index < -0.39 is 0 Å². The van der Waals surface area contributed by atoms with Crippen LogP contribution >= 0.6 is 0 Å². The summed E-state index contributed by atoms with van der Waals surface area (Å²) in [6.07, 6.45) is 2.55. The summed E-state index contributed by atoms with van der Waals surface area (Å²) in [7, 11) is 2.13. The van der Waals surface area contributed by atoms with Crippen molar-refractivity contribution in [3.8, 4) is 0 Å². The van der Waals surface area contributed by atoms with Crippen molar-refractivity contribution in [2.75, 3.05) is 20.1 Å². The maximum Gasteiger partial charge on any atom is 0.241 e. The Labute approximate surface area is 91.6 Å². The Morgan fingerprint density at radius 2 is 2.13 bits per heavy atom. The monoisotopic (exact) mass is 211 g/mol. The lowest BCUT2D eigenvalue weighted by Gasteiger charge is -2.37. The average Bonchev–Trinajstić information content (AvgIpc) is 2.41. The molecule has 2 aliphatic heterocycles. The number of carbonyl (C=O) groups excluding carboxylic acids is 1. The second-order valence-corrected chi connectivity index (χ2v) is 4.87. The fourth-order valence-corrected chi connectivity index (χ4v) is 2.79. The van der Waals surface area contributed by atoms with E-state index >= 15 is 0 Å². The zero-order chi connectivity index (χ0) is 11.0.